The summed E-state index contributed by atoms with van der Waals surface area (Å²) >= 11 is 0. The first-order valence-electron chi connectivity index (χ1n) is 7.18. The maximum absolute atomic E-state index is 11.8. The molecule has 2 rings (SSSR count). The van der Waals surface area contributed by atoms with Gasteiger partial charge in [0, 0.05) is 24.2 Å². The third kappa shape index (κ3) is 4.47. The van der Waals surface area contributed by atoms with Crippen LogP contribution in [0, 0.1) is 0 Å². The maximum atomic E-state index is 11.8. The molecule has 0 spiro atoms. The van der Waals surface area contributed by atoms with E-state index in [0.717, 1.165) is 0 Å². The van der Waals surface area contributed by atoms with E-state index < -0.39 is 11.8 Å². The van der Waals surface area contributed by atoms with Crippen molar-refractivity contribution in [1.82, 2.24) is 10.6 Å². The van der Waals surface area contributed by atoms with Crippen LogP contribution in [0.25, 0.3) is 0 Å². The minimum absolute atomic E-state index is 0.0943. The first-order chi connectivity index (χ1) is 11.1. The molecule has 0 atom stereocenters. The summed E-state index contributed by atoms with van der Waals surface area (Å²) in [5, 5.41) is 28.2. The Kier molecular flexibility index (Phi) is 5.57. The SMILES string of the molecule is O=C(NCCCNC(=O)c1ccccc1[O-])c1ccccc1[O-]. The molecule has 0 radical (unpaired) electrons. The van der Waals surface area contributed by atoms with Gasteiger partial charge in [-0.2, -0.15) is 0 Å². The smallest absolute Gasteiger partial charge is 0.250 e. The molecule has 6 nitrogen and oxygen atoms in total. The van der Waals surface area contributed by atoms with Gasteiger partial charge in [-0.3, -0.25) is 9.59 Å². The number of hydrogen-bond acceptors (Lipinski definition) is 4. The van der Waals surface area contributed by atoms with E-state index in [-0.39, 0.29) is 22.6 Å². The topological polar surface area (TPSA) is 104 Å². The van der Waals surface area contributed by atoms with Gasteiger partial charge in [-0.05, 0) is 6.42 Å². The number of rotatable bonds is 6. The normalized spacial score (nSPS) is 10.1. The fourth-order valence-corrected chi connectivity index (χ4v) is 1.99. The van der Waals surface area contributed by atoms with Crippen molar-refractivity contribution in [1.29, 1.82) is 0 Å². The number of carbonyl (C=O) groups is 2. The lowest BCUT2D eigenvalue weighted by molar-refractivity contribution is -0.269. The predicted octanol–water partition coefficient (Wildman–Crippen LogP) is 0.384. The van der Waals surface area contributed by atoms with Crippen LogP contribution in [0.3, 0.4) is 0 Å². The van der Waals surface area contributed by atoms with Gasteiger partial charge in [0.25, 0.3) is 11.8 Å². The van der Waals surface area contributed by atoms with E-state index in [1.54, 1.807) is 24.3 Å². The highest BCUT2D eigenvalue weighted by Gasteiger charge is 2.06. The van der Waals surface area contributed by atoms with Crippen LogP contribution in [0.2, 0.25) is 0 Å². The Bertz CT molecular complexity index is 641. The zero-order chi connectivity index (χ0) is 16.7. The van der Waals surface area contributed by atoms with Gasteiger partial charge in [-0.25, -0.2) is 0 Å². The summed E-state index contributed by atoms with van der Waals surface area (Å²) in [4.78, 5) is 23.6. The van der Waals surface area contributed by atoms with Gasteiger partial charge in [-0.15, -0.1) is 0 Å². The first-order valence-corrected chi connectivity index (χ1v) is 7.18. The van der Waals surface area contributed by atoms with Crippen molar-refractivity contribution in [3.63, 3.8) is 0 Å². The average molecular weight is 312 g/mol. The second kappa shape index (κ2) is 7.84. The molecule has 0 bridgehead atoms. The molecule has 0 fully saturated rings. The van der Waals surface area contributed by atoms with Crippen LogP contribution in [-0.4, -0.2) is 24.9 Å². The molecule has 2 amide bonds. The van der Waals surface area contributed by atoms with Crippen LogP contribution in [0.15, 0.2) is 48.5 Å². The summed E-state index contributed by atoms with van der Waals surface area (Å²) in [6.07, 6.45) is 0.486. The van der Waals surface area contributed by atoms with E-state index in [9.17, 15) is 19.8 Å². The van der Waals surface area contributed by atoms with Crippen molar-refractivity contribution in [2.45, 2.75) is 6.42 Å². The Morgan fingerprint density at radius 3 is 1.52 bits per heavy atom. The molecule has 0 saturated heterocycles. The zero-order valence-corrected chi connectivity index (χ0v) is 12.4. The van der Waals surface area contributed by atoms with Crippen molar-refractivity contribution < 1.29 is 19.8 Å². The highest BCUT2D eigenvalue weighted by atomic mass is 16.3. The number of benzene rings is 2. The second-order valence-corrected chi connectivity index (χ2v) is 4.86. The average Bonchev–Trinajstić information content (AvgIpc) is 2.55. The molecule has 0 unspecified atom stereocenters. The minimum Gasteiger partial charge on any atom is -0.872 e. The highest BCUT2D eigenvalue weighted by Crippen LogP contribution is 2.12. The van der Waals surface area contributed by atoms with Gasteiger partial charge >= 0.3 is 0 Å². The fraction of sp³-hybridized carbons (Fsp3) is 0.176. The molecule has 0 aliphatic rings. The fourth-order valence-electron chi connectivity index (χ4n) is 1.99. The van der Waals surface area contributed by atoms with Crippen molar-refractivity contribution in [2.75, 3.05) is 13.1 Å². The van der Waals surface area contributed by atoms with E-state index in [1.165, 1.54) is 24.3 Å². The summed E-state index contributed by atoms with van der Waals surface area (Å²) in [6.45, 7) is 0.624. The Balaban J connectivity index is 1.72. The van der Waals surface area contributed by atoms with E-state index in [2.05, 4.69) is 10.6 Å². The molecule has 0 aliphatic heterocycles. The largest absolute Gasteiger partial charge is 0.872 e. The summed E-state index contributed by atoms with van der Waals surface area (Å²) < 4.78 is 0. The molecular weight excluding hydrogens is 296 g/mol. The molecule has 0 aliphatic carbocycles. The lowest BCUT2D eigenvalue weighted by Crippen LogP contribution is -2.30. The molecule has 2 aromatic carbocycles. The van der Waals surface area contributed by atoms with Crippen molar-refractivity contribution in [3.05, 3.63) is 59.7 Å². The van der Waals surface area contributed by atoms with Crippen LogP contribution in [0.1, 0.15) is 27.1 Å². The van der Waals surface area contributed by atoms with Crippen LogP contribution in [0.5, 0.6) is 11.5 Å². The second-order valence-electron chi connectivity index (χ2n) is 4.86. The van der Waals surface area contributed by atoms with Gasteiger partial charge in [0.15, 0.2) is 0 Å². The van der Waals surface area contributed by atoms with Crippen LogP contribution < -0.4 is 20.8 Å². The van der Waals surface area contributed by atoms with E-state index in [4.69, 9.17) is 0 Å². The van der Waals surface area contributed by atoms with Gasteiger partial charge in [0.2, 0.25) is 0 Å². The van der Waals surface area contributed by atoms with Crippen LogP contribution in [-0.2, 0) is 0 Å². The number of para-hydroxylation sites is 2. The summed E-state index contributed by atoms with van der Waals surface area (Å²) in [6, 6.07) is 12.0. The molecule has 0 heterocycles. The molecular formula is C17H16N2O4-2. The van der Waals surface area contributed by atoms with Gasteiger partial charge in [0.1, 0.15) is 0 Å². The molecule has 0 aromatic heterocycles. The maximum Gasteiger partial charge on any atom is 0.250 e. The Labute approximate surface area is 133 Å². The van der Waals surface area contributed by atoms with Crippen LogP contribution >= 0.6 is 0 Å². The molecule has 2 aromatic rings. The molecule has 6 heteroatoms. The molecule has 2 N–H and O–H groups in total. The monoisotopic (exact) mass is 312 g/mol. The highest BCUT2D eigenvalue weighted by molar-refractivity contribution is 5.97. The third-order valence-electron chi connectivity index (χ3n) is 3.19. The quantitative estimate of drug-likeness (QED) is 0.752. The van der Waals surface area contributed by atoms with Gasteiger partial charge in [-0.1, -0.05) is 60.0 Å². The Morgan fingerprint density at radius 1 is 0.739 bits per heavy atom. The van der Waals surface area contributed by atoms with E-state index >= 15 is 0 Å². The van der Waals surface area contributed by atoms with Crippen LogP contribution in [0.4, 0.5) is 0 Å². The lowest BCUT2D eigenvalue weighted by atomic mass is 10.2. The van der Waals surface area contributed by atoms with Crippen molar-refractivity contribution in [2.24, 2.45) is 0 Å². The zero-order valence-electron chi connectivity index (χ0n) is 12.4. The Morgan fingerprint density at radius 2 is 1.13 bits per heavy atom. The van der Waals surface area contributed by atoms with Crippen molar-refractivity contribution in [3.8, 4) is 11.5 Å². The number of carbonyl (C=O) groups excluding carboxylic acids is 2. The number of hydrogen-bond donors (Lipinski definition) is 2. The standard InChI is InChI=1S/C17H18N2O4/c20-14-8-3-1-6-12(14)16(22)18-10-5-11-19-17(23)13-7-2-4-9-15(13)21/h1-4,6-9,20-21H,5,10-11H2,(H,18,22)(H,19,23)/p-2. The third-order valence-corrected chi connectivity index (χ3v) is 3.19. The van der Waals surface area contributed by atoms with Gasteiger partial charge < -0.3 is 20.8 Å². The van der Waals surface area contributed by atoms with Crippen molar-refractivity contribution >= 4 is 11.8 Å². The molecule has 0 saturated carbocycles. The summed E-state index contributed by atoms with van der Waals surface area (Å²) in [5.74, 6) is -1.53. The summed E-state index contributed by atoms with van der Waals surface area (Å²) in [7, 11) is 0. The van der Waals surface area contributed by atoms with E-state index in [0.29, 0.717) is 19.5 Å². The lowest BCUT2D eigenvalue weighted by Gasteiger charge is -2.14. The molecule has 23 heavy (non-hydrogen) atoms. The first kappa shape index (κ1) is 16.4. The number of nitrogens with one attached hydrogen (secondary N) is 2. The number of amides is 2. The predicted molar refractivity (Wildman–Crippen MR) is 81.1 cm³/mol. The van der Waals surface area contributed by atoms with Gasteiger partial charge in [0.05, 0.1) is 0 Å². The minimum atomic E-state index is -0.438. The molecule has 120 valence electrons. The Hall–Kier alpha value is -3.02. The summed E-state index contributed by atoms with van der Waals surface area (Å²) in [5.41, 5.74) is 0.189. The van der Waals surface area contributed by atoms with E-state index in [1.807, 2.05) is 0 Å².